The van der Waals surface area contributed by atoms with Crippen LogP contribution in [0.2, 0.25) is 0 Å². The number of hydrogen-bond donors (Lipinski definition) is 0. The Labute approximate surface area is 91.8 Å². The number of ketones is 1. The van der Waals surface area contributed by atoms with Gasteiger partial charge in [-0.2, -0.15) is 0 Å². The highest BCUT2D eigenvalue weighted by molar-refractivity contribution is 5.83. The summed E-state index contributed by atoms with van der Waals surface area (Å²) in [7, 11) is 0. The van der Waals surface area contributed by atoms with Crippen LogP contribution in [0.1, 0.15) is 32.6 Å². The molecule has 1 aliphatic heterocycles. The molecule has 2 aliphatic rings. The lowest BCUT2D eigenvalue weighted by Crippen LogP contribution is -2.47. The van der Waals surface area contributed by atoms with E-state index in [4.69, 9.17) is 4.74 Å². The Hall–Kier alpha value is -0.410. The summed E-state index contributed by atoms with van der Waals surface area (Å²) < 4.78 is 5.47. The van der Waals surface area contributed by atoms with Gasteiger partial charge >= 0.3 is 0 Å². The molecule has 0 aromatic carbocycles. The van der Waals surface area contributed by atoms with Crippen LogP contribution in [0, 0.1) is 5.92 Å². The van der Waals surface area contributed by atoms with Gasteiger partial charge in [-0.1, -0.05) is 6.92 Å². The summed E-state index contributed by atoms with van der Waals surface area (Å²) in [4.78, 5) is 14.0. The van der Waals surface area contributed by atoms with Crippen molar-refractivity contribution < 1.29 is 9.53 Å². The molecule has 1 aliphatic carbocycles. The topological polar surface area (TPSA) is 29.5 Å². The van der Waals surface area contributed by atoms with Crippen molar-refractivity contribution in [3.63, 3.8) is 0 Å². The van der Waals surface area contributed by atoms with E-state index in [-0.39, 0.29) is 0 Å². The second-order valence-electron chi connectivity index (χ2n) is 4.69. The van der Waals surface area contributed by atoms with Crippen LogP contribution in [0.15, 0.2) is 0 Å². The monoisotopic (exact) mass is 211 g/mol. The highest BCUT2D eigenvalue weighted by Crippen LogP contribution is 2.24. The van der Waals surface area contributed by atoms with Gasteiger partial charge in [0.05, 0.1) is 13.2 Å². The fraction of sp³-hybridized carbons (Fsp3) is 0.917. The van der Waals surface area contributed by atoms with Gasteiger partial charge in [0.15, 0.2) is 0 Å². The summed E-state index contributed by atoms with van der Waals surface area (Å²) in [6.07, 6.45) is 4.14. The number of rotatable bonds is 3. The number of morpholine rings is 1. The molecule has 15 heavy (non-hydrogen) atoms. The van der Waals surface area contributed by atoms with E-state index in [1.807, 2.05) is 0 Å². The molecule has 0 bridgehead atoms. The van der Waals surface area contributed by atoms with Gasteiger partial charge in [-0.25, -0.2) is 0 Å². The number of hydrogen-bond acceptors (Lipinski definition) is 3. The third kappa shape index (κ3) is 2.58. The molecule has 0 spiro atoms. The largest absolute Gasteiger partial charge is 0.378 e. The van der Waals surface area contributed by atoms with Gasteiger partial charge in [0.2, 0.25) is 0 Å². The lowest BCUT2D eigenvalue weighted by Gasteiger charge is -2.36. The first-order chi connectivity index (χ1) is 7.31. The molecule has 86 valence electrons. The van der Waals surface area contributed by atoms with Crippen molar-refractivity contribution >= 4 is 5.78 Å². The van der Waals surface area contributed by atoms with Crippen LogP contribution in [0.5, 0.6) is 0 Å². The summed E-state index contributed by atoms with van der Waals surface area (Å²) in [5.41, 5.74) is 0. The molecular formula is C12H21NO2. The number of ether oxygens (including phenoxy) is 1. The molecule has 0 amide bonds. The van der Waals surface area contributed by atoms with Crippen molar-refractivity contribution in [3.8, 4) is 0 Å². The van der Waals surface area contributed by atoms with Crippen LogP contribution in [0.3, 0.4) is 0 Å². The minimum absolute atomic E-state index is 0.317. The van der Waals surface area contributed by atoms with Crippen LogP contribution in [0.4, 0.5) is 0 Å². The maximum atomic E-state index is 11.6. The maximum absolute atomic E-state index is 11.6. The predicted octanol–water partition coefficient (Wildman–Crippen LogP) is 1.47. The first-order valence-electron chi connectivity index (χ1n) is 6.15. The lowest BCUT2D eigenvalue weighted by atomic mass is 10.0. The molecule has 0 radical (unpaired) electrons. The average molecular weight is 211 g/mol. The molecule has 0 aromatic rings. The molecule has 3 nitrogen and oxygen atoms in total. The highest BCUT2D eigenvalue weighted by atomic mass is 16.5. The Morgan fingerprint density at radius 2 is 2.40 bits per heavy atom. The van der Waals surface area contributed by atoms with Crippen LogP contribution >= 0.6 is 0 Å². The second-order valence-corrected chi connectivity index (χ2v) is 4.69. The Morgan fingerprint density at radius 1 is 1.53 bits per heavy atom. The van der Waals surface area contributed by atoms with Gasteiger partial charge in [-0.05, 0) is 19.3 Å². The zero-order chi connectivity index (χ0) is 10.7. The number of Topliss-reactive ketones (excluding diaryl/α,β-unsaturated/α-hetero) is 1. The van der Waals surface area contributed by atoms with Crippen LogP contribution in [-0.2, 0) is 9.53 Å². The van der Waals surface area contributed by atoms with Crippen molar-refractivity contribution in [2.24, 2.45) is 5.92 Å². The molecule has 1 saturated heterocycles. The van der Waals surface area contributed by atoms with Gasteiger partial charge in [0.25, 0.3) is 0 Å². The van der Waals surface area contributed by atoms with E-state index in [2.05, 4.69) is 11.8 Å². The highest BCUT2D eigenvalue weighted by Gasteiger charge is 2.30. The molecule has 0 N–H and O–H groups in total. The third-order valence-corrected chi connectivity index (χ3v) is 3.71. The Bertz CT molecular complexity index is 230. The van der Waals surface area contributed by atoms with E-state index < -0.39 is 0 Å². The molecule has 2 fully saturated rings. The lowest BCUT2D eigenvalue weighted by molar-refractivity contribution is -0.122. The van der Waals surface area contributed by atoms with Gasteiger partial charge in [-0.3, -0.25) is 9.69 Å². The predicted molar refractivity (Wildman–Crippen MR) is 58.8 cm³/mol. The average Bonchev–Trinajstić information content (AvgIpc) is 2.65. The molecule has 3 heteroatoms. The van der Waals surface area contributed by atoms with Crippen LogP contribution < -0.4 is 0 Å². The molecule has 1 heterocycles. The number of carbonyl (C=O) groups excluding carboxylic acids is 1. The fourth-order valence-electron chi connectivity index (χ4n) is 2.67. The smallest absolute Gasteiger partial charge is 0.137 e. The van der Waals surface area contributed by atoms with E-state index >= 15 is 0 Å². The molecule has 0 aromatic heterocycles. The van der Waals surface area contributed by atoms with E-state index in [1.165, 1.54) is 0 Å². The molecular weight excluding hydrogens is 190 g/mol. The molecule has 2 atom stereocenters. The van der Waals surface area contributed by atoms with Crippen molar-refractivity contribution in [2.75, 3.05) is 26.3 Å². The van der Waals surface area contributed by atoms with Gasteiger partial charge < -0.3 is 4.74 Å². The Balaban J connectivity index is 1.88. The van der Waals surface area contributed by atoms with E-state index in [9.17, 15) is 4.79 Å². The van der Waals surface area contributed by atoms with Crippen LogP contribution in [-0.4, -0.2) is 43.0 Å². The minimum atomic E-state index is 0.317. The van der Waals surface area contributed by atoms with Gasteiger partial charge in [0, 0.05) is 31.5 Å². The zero-order valence-corrected chi connectivity index (χ0v) is 9.58. The maximum Gasteiger partial charge on any atom is 0.137 e. The summed E-state index contributed by atoms with van der Waals surface area (Å²) in [6.45, 7) is 5.85. The SMILES string of the molecule is CCC1COCCN1CC1CCCC1=O. The number of carbonyl (C=O) groups is 1. The van der Waals surface area contributed by atoms with Crippen molar-refractivity contribution in [3.05, 3.63) is 0 Å². The fourth-order valence-corrected chi connectivity index (χ4v) is 2.67. The first kappa shape index (κ1) is 11.1. The summed E-state index contributed by atoms with van der Waals surface area (Å²) in [5, 5.41) is 0. The normalized spacial score (nSPS) is 33.5. The van der Waals surface area contributed by atoms with Crippen molar-refractivity contribution in [1.82, 2.24) is 4.90 Å². The van der Waals surface area contributed by atoms with Crippen LogP contribution in [0.25, 0.3) is 0 Å². The second kappa shape index (κ2) is 5.08. The Morgan fingerprint density at radius 3 is 3.07 bits per heavy atom. The van der Waals surface area contributed by atoms with Gasteiger partial charge in [-0.15, -0.1) is 0 Å². The Kier molecular flexibility index (Phi) is 3.76. The van der Waals surface area contributed by atoms with E-state index in [0.717, 1.165) is 52.0 Å². The first-order valence-corrected chi connectivity index (χ1v) is 6.15. The van der Waals surface area contributed by atoms with Crippen molar-refractivity contribution in [1.29, 1.82) is 0 Å². The quantitative estimate of drug-likeness (QED) is 0.708. The van der Waals surface area contributed by atoms with E-state index in [1.54, 1.807) is 0 Å². The third-order valence-electron chi connectivity index (χ3n) is 3.71. The molecule has 2 unspecified atom stereocenters. The van der Waals surface area contributed by atoms with E-state index in [0.29, 0.717) is 17.7 Å². The minimum Gasteiger partial charge on any atom is -0.378 e. The summed E-state index contributed by atoms with van der Waals surface area (Å²) in [5.74, 6) is 0.800. The van der Waals surface area contributed by atoms with Gasteiger partial charge in [0.1, 0.15) is 5.78 Å². The summed E-state index contributed by atoms with van der Waals surface area (Å²) >= 11 is 0. The zero-order valence-electron chi connectivity index (χ0n) is 9.58. The summed E-state index contributed by atoms with van der Waals surface area (Å²) in [6, 6.07) is 0.534. The molecule has 1 saturated carbocycles. The molecule has 2 rings (SSSR count). The van der Waals surface area contributed by atoms with Crippen molar-refractivity contribution in [2.45, 2.75) is 38.6 Å². The number of nitrogens with zero attached hydrogens (tertiary/aromatic N) is 1. The standard InChI is InChI=1S/C12H21NO2/c1-2-11-9-15-7-6-13(11)8-10-4-3-5-12(10)14/h10-11H,2-9H2,1H3.